The Morgan fingerprint density at radius 3 is 2.42 bits per heavy atom. The van der Waals surface area contributed by atoms with Gasteiger partial charge in [-0.05, 0) is 30.3 Å². The molecular formula is C15H13N3O. The van der Waals surface area contributed by atoms with Gasteiger partial charge in [0.2, 0.25) is 0 Å². The Kier molecular flexibility index (Phi) is 2.90. The number of aromatic amines is 1. The van der Waals surface area contributed by atoms with E-state index in [1.165, 1.54) is 10.7 Å². The average Bonchev–Trinajstić information content (AvgIpc) is 2.86. The molecule has 19 heavy (non-hydrogen) atoms. The molecule has 0 atom stereocenters. The lowest BCUT2D eigenvalue weighted by Gasteiger charge is -2.08. The summed E-state index contributed by atoms with van der Waals surface area (Å²) in [7, 11) is 0. The highest BCUT2D eigenvalue weighted by Gasteiger charge is 2.01. The molecule has 2 N–H and O–H groups in total. The van der Waals surface area contributed by atoms with Gasteiger partial charge in [0.1, 0.15) is 0 Å². The van der Waals surface area contributed by atoms with Crippen molar-refractivity contribution in [3.8, 4) is 5.69 Å². The maximum Gasteiger partial charge on any atom is 0.271 e. The van der Waals surface area contributed by atoms with Crippen LogP contribution >= 0.6 is 0 Å². The summed E-state index contributed by atoms with van der Waals surface area (Å²) in [6, 6.07) is 19.1. The van der Waals surface area contributed by atoms with Gasteiger partial charge < -0.3 is 5.32 Å². The lowest BCUT2D eigenvalue weighted by Crippen LogP contribution is -2.13. The highest BCUT2D eigenvalue weighted by atomic mass is 16.1. The van der Waals surface area contributed by atoms with E-state index in [9.17, 15) is 4.79 Å². The van der Waals surface area contributed by atoms with E-state index in [1.807, 2.05) is 54.6 Å². The second-order valence-corrected chi connectivity index (χ2v) is 4.18. The molecule has 0 amide bonds. The molecule has 0 spiro atoms. The number of nitrogens with zero attached hydrogens (tertiary/aromatic N) is 1. The van der Waals surface area contributed by atoms with Gasteiger partial charge in [-0.15, -0.1) is 0 Å². The van der Waals surface area contributed by atoms with Crippen LogP contribution in [0.15, 0.2) is 71.7 Å². The Morgan fingerprint density at radius 1 is 0.895 bits per heavy atom. The second-order valence-electron chi connectivity index (χ2n) is 4.18. The first-order valence-electron chi connectivity index (χ1n) is 6.02. The lowest BCUT2D eigenvalue weighted by molar-refractivity contribution is 0.850. The molecule has 0 fully saturated rings. The van der Waals surface area contributed by atoms with Crippen LogP contribution in [0.2, 0.25) is 0 Å². The molecule has 2 aromatic carbocycles. The third kappa shape index (κ3) is 2.42. The van der Waals surface area contributed by atoms with Crippen LogP contribution in [0.1, 0.15) is 0 Å². The first kappa shape index (κ1) is 11.3. The molecule has 0 aliphatic carbocycles. The summed E-state index contributed by atoms with van der Waals surface area (Å²) in [6.45, 7) is 0. The van der Waals surface area contributed by atoms with E-state index in [2.05, 4.69) is 10.4 Å². The summed E-state index contributed by atoms with van der Waals surface area (Å²) in [6.07, 6.45) is 1.62. The largest absolute Gasteiger partial charge is 0.355 e. The van der Waals surface area contributed by atoms with Crippen molar-refractivity contribution in [3.63, 3.8) is 0 Å². The smallest absolute Gasteiger partial charge is 0.271 e. The van der Waals surface area contributed by atoms with Gasteiger partial charge in [-0.3, -0.25) is 9.89 Å². The molecule has 0 saturated carbocycles. The quantitative estimate of drug-likeness (QED) is 0.752. The molecule has 0 aliphatic heterocycles. The average molecular weight is 251 g/mol. The molecule has 3 aromatic rings. The Bertz CT molecular complexity index is 728. The zero-order valence-electron chi connectivity index (χ0n) is 10.2. The van der Waals surface area contributed by atoms with Crippen LogP contribution < -0.4 is 10.9 Å². The van der Waals surface area contributed by atoms with Crippen molar-refractivity contribution in [2.45, 2.75) is 0 Å². The van der Waals surface area contributed by atoms with Crippen LogP contribution in [0.25, 0.3) is 5.69 Å². The summed E-state index contributed by atoms with van der Waals surface area (Å²) in [5, 5.41) is 6.19. The molecule has 0 radical (unpaired) electrons. The van der Waals surface area contributed by atoms with E-state index < -0.39 is 0 Å². The third-order valence-corrected chi connectivity index (χ3v) is 2.82. The van der Waals surface area contributed by atoms with Crippen LogP contribution in [0, 0.1) is 0 Å². The molecule has 0 bridgehead atoms. The first-order valence-corrected chi connectivity index (χ1v) is 6.02. The van der Waals surface area contributed by atoms with Crippen LogP contribution in [-0.2, 0) is 0 Å². The molecule has 3 rings (SSSR count). The van der Waals surface area contributed by atoms with Gasteiger partial charge in [0.15, 0.2) is 0 Å². The molecule has 0 saturated heterocycles. The van der Waals surface area contributed by atoms with Gasteiger partial charge in [0.05, 0.1) is 5.69 Å². The van der Waals surface area contributed by atoms with Crippen LogP contribution in [0.4, 0.5) is 11.4 Å². The number of para-hydroxylation sites is 1. The minimum Gasteiger partial charge on any atom is -0.355 e. The predicted molar refractivity (Wildman–Crippen MR) is 76.1 cm³/mol. The van der Waals surface area contributed by atoms with Gasteiger partial charge in [0.25, 0.3) is 5.56 Å². The molecule has 0 aliphatic rings. The van der Waals surface area contributed by atoms with Crippen molar-refractivity contribution < 1.29 is 0 Å². The molecule has 1 aromatic heterocycles. The Labute approximate surface area is 110 Å². The number of benzene rings is 2. The summed E-state index contributed by atoms with van der Waals surface area (Å²) in [4.78, 5) is 11.6. The number of rotatable bonds is 3. The minimum absolute atomic E-state index is 0.0724. The molecule has 94 valence electrons. The normalized spacial score (nSPS) is 10.3. The van der Waals surface area contributed by atoms with Crippen LogP contribution in [0.5, 0.6) is 0 Å². The van der Waals surface area contributed by atoms with E-state index in [-0.39, 0.29) is 5.56 Å². The number of nitrogens with one attached hydrogen (secondary N) is 2. The topological polar surface area (TPSA) is 49.8 Å². The third-order valence-electron chi connectivity index (χ3n) is 2.82. The van der Waals surface area contributed by atoms with Crippen molar-refractivity contribution in [2.24, 2.45) is 0 Å². The van der Waals surface area contributed by atoms with Gasteiger partial charge >= 0.3 is 0 Å². The number of aromatic nitrogens is 2. The predicted octanol–water partition coefficient (Wildman–Crippen LogP) is 2.91. The SMILES string of the molecule is O=c1cc[nH]n1-c1cccc(Nc2ccccc2)c1. The Balaban J connectivity index is 1.93. The standard InChI is InChI=1S/C15H13N3O/c19-15-9-10-16-18(15)14-8-4-7-13(11-14)17-12-5-2-1-3-6-12/h1-11,16-17H. The van der Waals surface area contributed by atoms with Gasteiger partial charge in [0, 0.05) is 23.6 Å². The number of anilines is 2. The molecule has 1 heterocycles. The van der Waals surface area contributed by atoms with Crippen molar-refractivity contribution in [1.29, 1.82) is 0 Å². The maximum atomic E-state index is 11.6. The fraction of sp³-hybridized carbons (Fsp3) is 0. The van der Waals surface area contributed by atoms with Gasteiger partial charge in [-0.1, -0.05) is 24.3 Å². The second kappa shape index (κ2) is 4.86. The Morgan fingerprint density at radius 2 is 1.68 bits per heavy atom. The zero-order chi connectivity index (χ0) is 13.1. The van der Waals surface area contributed by atoms with Crippen LogP contribution in [-0.4, -0.2) is 9.78 Å². The highest BCUT2D eigenvalue weighted by molar-refractivity contribution is 5.61. The van der Waals surface area contributed by atoms with Gasteiger partial charge in [-0.25, -0.2) is 4.68 Å². The summed E-state index contributed by atoms with van der Waals surface area (Å²) in [5.41, 5.74) is 2.68. The fourth-order valence-electron chi connectivity index (χ4n) is 1.93. The van der Waals surface area contributed by atoms with Crippen LogP contribution in [0.3, 0.4) is 0 Å². The lowest BCUT2D eigenvalue weighted by atomic mass is 10.2. The highest BCUT2D eigenvalue weighted by Crippen LogP contribution is 2.18. The van der Waals surface area contributed by atoms with Crippen molar-refractivity contribution in [3.05, 3.63) is 77.2 Å². The van der Waals surface area contributed by atoms with E-state index >= 15 is 0 Å². The number of hydrogen-bond acceptors (Lipinski definition) is 2. The van der Waals surface area contributed by atoms with E-state index in [4.69, 9.17) is 0 Å². The van der Waals surface area contributed by atoms with Crippen molar-refractivity contribution in [1.82, 2.24) is 9.78 Å². The first-order chi connectivity index (χ1) is 9.33. The van der Waals surface area contributed by atoms with E-state index in [0.29, 0.717) is 0 Å². The van der Waals surface area contributed by atoms with Gasteiger partial charge in [-0.2, -0.15) is 0 Å². The number of hydrogen-bond donors (Lipinski definition) is 2. The van der Waals surface area contributed by atoms with E-state index in [0.717, 1.165) is 17.1 Å². The summed E-state index contributed by atoms with van der Waals surface area (Å²) >= 11 is 0. The van der Waals surface area contributed by atoms with Crippen molar-refractivity contribution >= 4 is 11.4 Å². The maximum absolute atomic E-state index is 11.6. The fourth-order valence-corrected chi connectivity index (χ4v) is 1.93. The molecule has 0 unspecified atom stereocenters. The van der Waals surface area contributed by atoms with E-state index in [1.54, 1.807) is 6.20 Å². The molecule has 4 nitrogen and oxygen atoms in total. The monoisotopic (exact) mass is 251 g/mol. The number of H-pyrrole nitrogens is 1. The summed E-state index contributed by atoms with van der Waals surface area (Å²) < 4.78 is 1.50. The summed E-state index contributed by atoms with van der Waals surface area (Å²) in [5.74, 6) is 0. The minimum atomic E-state index is -0.0724. The molecule has 4 heteroatoms. The molecular weight excluding hydrogens is 238 g/mol. The van der Waals surface area contributed by atoms with Crippen molar-refractivity contribution in [2.75, 3.05) is 5.32 Å². The zero-order valence-corrected chi connectivity index (χ0v) is 10.2. The Hall–Kier alpha value is -2.75.